The second-order valence-corrected chi connectivity index (χ2v) is 6.72. The minimum Gasteiger partial charge on any atom is -0.463 e. The van der Waals surface area contributed by atoms with Gasteiger partial charge in [0.1, 0.15) is 0 Å². The van der Waals surface area contributed by atoms with Crippen LogP contribution in [0.5, 0.6) is 0 Å². The average molecular weight is 410 g/mol. The average Bonchev–Trinajstić information content (AvgIpc) is 2.75. The third kappa shape index (κ3) is 4.38. The van der Waals surface area contributed by atoms with Crippen LogP contribution in [0.25, 0.3) is 6.08 Å². The highest BCUT2D eigenvalue weighted by Crippen LogP contribution is 2.38. The number of nitro benzene ring substituents is 1. The smallest absolute Gasteiger partial charge is 0.335 e. The zero-order valence-corrected chi connectivity index (χ0v) is 16.7. The molecule has 0 N–H and O–H groups in total. The molecule has 1 fully saturated rings. The Morgan fingerprint density at radius 1 is 1.20 bits per heavy atom. The van der Waals surface area contributed by atoms with E-state index in [1.165, 1.54) is 24.1 Å². The van der Waals surface area contributed by atoms with Gasteiger partial charge < -0.3 is 14.4 Å². The number of carbonyl (C=O) groups excluding carboxylic acids is 2. The molecule has 0 radical (unpaired) electrons. The summed E-state index contributed by atoms with van der Waals surface area (Å²) in [4.78, 5) is 37.3. The van der Waals surface area contributed by atoms with Crippen LogP contribution in [0.2, 0.25) is 0 Å². The summed E-state index contributed by atoms with van der Waals surface area (Å²) < 4.78 is 10.5. The van der Waals surface area contributed by atoms with E-state index in [-0.39, 0.29) is 24.7 Å². The van der Waals surface area contributed by atoms with Crippen LogP contribution in [0.3, 0.4) is 0 Å². The number of likely N-dealkylation sites (tertiary alicyclic amines) is 1. The van der Waals surface area contributed by atoms with Gasteiger partial charge in [0.25, 0.3) is 11.6 Å². The molecule has 1 aliphatic heterocycles. The monoisotopic (exact) mass is 410 g/mol. The quantitative estimate of drug-likeness (QED) is 0.218. The van der Waals surface area contributed by atoms with E-state index >= 15 is 0 Å². The molecule has 0 saturated carbocycles. The lowest BCUT2D eigenvalue weighted by Gasteiger charge is -2.46. The van der Waals surface area contributed by atoms with Crippen molar-refractivity contribution in [2.24, 2.45) is 0 Å². The zero-order valence-electron chi connectivity index (χ0n) is 16.7. The number of hydrogen-bond acceptors (Lipinski definition) is 6. The minimum absolute atomic E-state index is 0.000219. The number of ether oxygens (including phenoxy) is 2. The maximum atomic E-state index is 12.7. The van der Waals surface area contributed by atoms with Crippen molar-refractivity contribution in [1.82, 2.24) is 4.90 Å². The van der Waals surface area contributed by atoms with Crippen LogP contribution in [0.15, 0.2) is 60.2 Å². The first-order valence-electron chi connectivity index (χ1n) is 9.46. The van der Waals surface area contributed by atoms with Crippen LogP contribution < -0.4 is 0 Å². The molecule has 2 atom stereocenters. The topological polar surface area (TPSA) is 99.0 Å². The van der Waals surface area contributed by atoms with Gasteiger partial charge in [-0.15, -0.1) is 0 Å². The van der Waals surface area contributed by atoms with Crippen molar-refractivity contribution >= 4 is 23.6 Å². The van der Waals surface area contributed by atoms with E-state index in [2.05, 4.69) is 0 Å². The Morgan fingerprint density at radius 2 is 1.93 bits per heavy atom. The number of esters is 1. The van der Waals surface area contributed by atoms with Gasteiger partial charge in [-0.2, -0.15) is 0 Å². The number of methoxy groups -OCH3 is 1. The van der Waals surface area contributed by atoms with Crippen LogP contribution in [-0.2, 0) is 19.1 Å². The van der Waals surface area contributed by atoms with Gasteiger partial charge in [0.2, 0.25) is 0 Å². The van der Waals surface area contributed by atoms with Crippen molar-refractivity contribution in [3.63, 3.8) is 0 Å². The molecule has 1 amide bonds. The van der Waals surface area contributed by atoms with Crippen molar-refractivity contribution in [2.45, 2.75) is 19.1 Å². The molecule has 2 aromatic carbocycles. The summed E-state index contributed by atoms with van der Waals surface area (Å²) in [6.45, 7) is 1.91. The normalized spacial score (nSPS) is 18.7. The van der Waals surface area contributed by atoms with E-state index in [1.807, 2.05) is 30.3 Å². The molecule has 2 aromatic rings. The van der Waals surface area contributed by atoms with Gasteiger partial charge >= 0.3 is 5.97 Å². The summed E-state index contributed by atoms with van der Waals surface area (Å²) in [5.41, 5.74) is 1.59. The molecule has 156 valence electrons. The van der Waals surface area contributed by atoms with E-state index in [4.69, 9.17) is 9.47 Å². The number of β-lactam (4-membered cyclic amide) rings is 1. The van der Waals surface area contributed by atoms with Crippen molar-refractivity contribution < 1.29 is 24.0 Å². The summed E-state index contributed by atoms with van der Waals surface area (Å²) in [7, 11) is 1.41. The second-order valence-electron chi connectivity index (χ2n) is 6.72. The van der Waals surface area contributed by atoms with Crippen LogP contribution in [0.4, 0.5) is 5.69 Å². The molecule has 8 nitrogen and oxygen atoms in total. The van der Waals surface area contributed by atoms with E-state index in [9.17, 15) is 19.7 Å². The van der Waals surface area contributed by atoms with Crippen LogP contribution in [0.1, 0.15) is 24.1 Å². The fraction of sp³-hybridized carbons (Fsp3) is 0.273. The first-order chi connectivity index (χ1) is 14.5. The molecule has 3 rings (SSSR count). The third-order valence-corrected chi connectivity index (χ3v) is 4.84. The van der Waals surface area contributed by atoms with Crippen LogP contribution in [0, 0.1) is 10.1 Å². The number of hydrogen-bond donors (Lipinski definition) is 0. The highest BCUT2D eigenvalue weighted by molar-refractivity contribution is 5.96. The predicted octanol–water partition coefficient (Wildman–Crippen LogP) is 3.14. The number of carbonyl (C=O) groups is 2. The number of nitro groups is 1. The Bertz CT molecular complexity index is 973. The standard InChI is InChI=1S/C22H22N2O6/c1-3-30-22(26)17(12-15-8-5-4-6-9-15)14-23-19(20(29-2)21(23)25)16-10-7-11-18(13-16)24(27)28/h4-13,19-20H,3,14H2,1-2H3/b17-12+/t19-,20+/m1/s1. The summed E-state index contributed by atoms with van der Waals surface area (Å²) in [6, 6.07) is 14.8. The molecule has 0 aromatic heterocycles. The van der Waals surface area contributed by atoms with Crippen LogP contribution in [-0.4, -0.2) is 48.1 Å². The van der Waals surface area contributed by atoms with Gasteiger partial charge in [-0.05, 0) is 24.1 Å². The molecule has 0 aliphatic carbocycles. The van der Waals surface area contributed by atoms with E-state index in [0.29, 0.717) is 11.1 Å². The molecule has 1 heterocycles. The van der Waals surface area contributed by atoms with Gasteiger partial charge in [0, 0.05) is 19.2 Å². The van der Waals surface area contributed by atoms with E-state index < -0.39 is 23.0 Å². The number of benzene rings is 2. The minimum atomic E-state index is -0.771. The summed E-state index contributed by atoms with van der Waals surface area (Å²) in [5.74, 6) is -0.815. The van der Waals surface area contributed by atoms with Crippen molar-refractivity contribution in [2.75, 3.05) is 20.3 Å². The highest BCUT2D eigenvalue weighted by Gasteiger charge is 2.49. The molecule has 8 heteroatoms. The Kier molecular flexibility index (Phi) is 6.58. The Morgan fingerprint density at radius 3 is 2.57 bits per heavy atom. The Balaban J connectivity index is 1.93. The number of nitrogens with zero attached hydrogens (tertiary/aromatic N) is 2. The van der Waals surface area contributed by atoms with Crippen molar-refractivity contribution in [3.8, 4) is 0 Å². The number of amides is 1. The van der Waals surface area contributed by atoms with Crippen molar-refractivity contribution in [3.05, 3.63) is 81.4 Å². The maximum Gasteiger partial charge on any atom is 0.335 e. The molecular formula is C22H22N2O6. The van der Waals surface area contributed by atoms with E-state index in [0.717, 1.165) is 5.56 Å². The Labute approximate surface area is 173 Å². The first-order valence-corrected chi connectivity index (χ1v) is 9.46. The molecule has 0 bridgehead atoms. The summed E-state index contributed by atoms with van der Waals surface area (Å²) in [6.07, 6.45) is 0.905. The largest absolute Gasteiger partial charge is 0.463 e. The zero-order chi connectivity index (χ0) is 21.7. The van der Waals surface area contributed by atoms with Gasteiger partial charge in [-0.3, -0.25) is 14.9 Å². The Hall–Kier alpha value is -3.52. The highest BCUT2D eigenvalue weighted by atomic mass is 16.6. The number of rotatable bonds is 8. The lowest BCUT2D eigenvalue weighted by Crippen LogP contribution is -2.60. The third-order valence-electron chi connectivity index (χ3n) is 4.84. The molecule has 1 saturated heterocycles. The molecule has 30 heavy (non-hydrogen) atoms. The van der Waals surface area contributed by atoms with Gasteiger partial charge in [0.15, 0.2) is 6.10 Å². The number of non-ortho nitro benzene ring substituents is 1. The van der Waals surface area contributed by atoms with Crippen LogP contribution >= 0.6 is 0 Å². The maximum absolute atomic E-state index is 12.7. The lowest BCUT2D eigenvalue weighted by molar-refractivity contribution is -0.385. The molecule has 0 spiro atoms. The fourth-order valence-corrected chi connectivity index (χ4v) is 3.43. The predicted molar refractivity (Wildman–Crippen MR) is 109 cm³/mol. The van der Waals surface area contributed by atoms with Gasteiger partial charge in [0.05, 0.1) is 29.7 Å². The van der Waals surface area contributed by atoms with Gasteiger partial charge in [-0.1, -0.05) is 42.5 Å². The SMILES string of the molecule is CCOC(=O)/C(=C/c1ccccc1)CN1C(=O)[C@@H](OC)[C@H]1c1cccc([N+](=O)[O-])c1. The second kappa shape index (κ2) is 9.32. The summed E-state index contributed by atoms with van der Waals surface area (Å²) in [5, 5.41) is 11.1. The van der Waals surface area contributed by atoms with E-state index in [1.54, 1.807) is 25.1 Å². The lowest BCUT2D eigenvalue weighted by atomic mass is 9.89. The first kappa shape index (κ1) is 21.2. The molecule has 1 aliphatic rings. The molecular weight excluding hydrogens is 388 g/mol. The summed E-state index contributed by atoms with van der Waals surface area (Å²) >= 11 is 0. The fourth-order valence-electron chi connectivity index (χ4n) is 3.43. The van der Waals surface area contributed by atoms with Gasteiger partial charge in [-0.25, -0.2) is 4.79 Å². The molecule has 0 unspecified atom stereocenters. The van der Waals surface area contributed by atoms with Crippen molar-refractivity contribution in [1.29, 1.82) is 0 Å².